The Kier molecular flexibility index (Phi) is 8.20. The molecular formula is C30H39F3. The van der Waals surface area contributed by atoms with Crippen molar-refractivity contribution in [2.75, 3.05) is 0 Å². The second-order valence-electron chi connectivity index (χ2n) is 10.6. The van der Waals surface area contributed by atoms with Gasteiger partial charge < -0.3 is 0 Å². The fourth-order valence-electron chi connectivity index (χ4n) is 6.60. The summed E-state index contributed by atoms with van der Waals surface area (Å²) in [5.74, 6) is -0.120. The molecule has 0 aliphatic heterocycles. The van der Waals surface area contributed by atoms with Crippen LogP contribution in [0.4, 0.5) is 13.2 Å². The van der Waals surface area contributed by atoms with Crippen LogP contribution in [-0.2, 0) is 6.42 Å². The lowest BCUT2D eigenvalue weighted by Gasteiger charge is -2.42. The van der Waals surface area contributed by atoms with Gasteiger partial charge in [0.25, 0.3) is 0 Å². The number of halogens is 3. The quantitative estimate of drug-likeness (QED) is 0.260. The fraction of sp³-hybridized carbons (Fsp3) is 0.600. The van der Waals surface area contributed by atoms with E-state index >= 15 is 4.39 Å². The maximum absolute atomic E-state index is 15.5. The number of fused-ring (bicyclic) bond motifs is 2. The van der Waals surface area contributed by atoms with Gasteiger partial charge in [-0.2, -0.15) is 0 Å². The summed E-state index contributed by atoms with van der Waals surface area (Å²) in [5.41, 5.74) is 0.874. The number of hydrogen-bond acceptors (Lipinski definition) is 0. The summed E-state index contributed by atoms with van der Waals surface area (Å²) in [5, 5.41) is 0.275. The van der Waals surface area contributed by atoms with E-state index in [0.717, 1.165) is 31.1 Å². The molecule has 4 rings (SSSR count). The molecule has 2 fully saturated rings. The second-order valence-corrected chi connectivity index (χ2v) is 10.6. The zero-order valence-corrected chi connectivity index (χ0v) is 20.2. The van der Waals surface area contributed by atoms with E-state index in [1.54, 1.807) is 18.2 Å². The predicted molar refractivity (Wildman–Crippen MR) is 132 cm³/mol. The molecule has 4 atom stereocenters. The standard InChI is InChI=1S/C30H39F3/c1-3-5-7-8-9-20-11-12-22-18-23(14-13-21(22)17-20)26-16-15-24-19-25(10-6-4-2)28(31)30(33)27(24)29(26)32/h4,15-16,19-23H,2-3,5-14,17-18H2,1H3/t20?,21-,22?,23-/m1/s1. The van der Waals surface area contributed by atoms with Crippen molar-refractivity contribution in [2.45, 2.75) is 96.3 Å². The van der Waals surface area contributed by atoms with Crippen molar-refractivity contribution >= 4 is 10.8 Å². The number of aryl methyl sites for hydroxylation is 1. The van der Waals surface area contributed by atoms with Gasteiger partial charge in [0.15, 0.2) is 11.6 Å². The first-order valence-corrected chi connectivity index (χ1v) is 13.2. The number of hydrogen-bond donors (Lipinski definition) is 0. The molecule has 3 heteroatoms. The van der Waals surface area contributed by atoms with Crippen molar-refractivity contribution in [3.8, 4) is 0 Å². The summed E-state index contributed by atoms with van der Waals surface area (Å²) in [4.78, 5) is 0. The topological polar surface area (TPSA) is 0 Å². The van der Waals surface area contributed by atoms with Gasteiger partial charge in [0.2, 0.25) is 0 Å². The van der Waals surface area contributed by atoms with Gasteiger partial charge in [-0.1, -0.05) is 63.7 Å². The molecule has 2 saturated carbocycles. The Hall–Kier alpha value is -1.77. The highest BCUT2D eigenvalue weighted by Gasteiger charge is 2.36. The lowest BCUT2D eigenvalue weighted by atomic mass is 9.63. The highest BCUT2D eigenvalue weighted by molar-refractivity contribution is 5.85. The van der Waals surface area contributed by atoms with Gasteiger partial charge in [-0.25, -0.2) is 13.2 Å². The van der Waals surface area contributed by atoms with Crippen LogP contribution >= 0.6 is 0 Å². The minimum absolute atomic E-state index is 0.111. The van der Waals surface area contributed by atoms with Crippen LogP contribution in [0.2, 0.25) is 0 Å². The fourth-order valence-corrected chi connectivity index (χ4v) is 6.60. The van der Waals surface area contributed by atoms with Crippen molar-refractivity contribution in [1.82, 2.24) is 0 Å². The molecule has 0 heterocycles. The molecule has 0 amide bonds. The van der Waals surface area contributed by atoms with Crippen LogP contribution in [0.3, 0.4) is 0 Å². The first-order valence-electron chi connectivity index (χ1n) is 13.2. The Labute approximate surface area is 197 Å². The molecule has 180 valence electrons. The normalized spacial score (nSPS) is 25.2. The van der Waals surface area contributed by atoms with Gasteiger partial charge in [0.05, 0.1) is 5.39 Å². The van der Waals surface area contributed by atoms with Crippen molar-refractivity contribution < 1.29 is 13.2 Å². The Morgan fingerprint density at radius 3 is 2.48 bits per heavy atom. The third-order valence-electron chi connectivity index (χ3n) is 8.47. The van der Waals surface area contributed by atoms with Gasteiger partial charge in [-0.15, -0.1) is 6.58 Å². The summed E-state index contributed by atoms with van der Waals surface area (Å²) < 4.78 is 45.1. The summed E-state index contributed by atoms with van der Waals surface area (Å²) in [7, 11) is 0. The highest BCUT2D eigenvalue weighted by atomic mass is 19.2. The molecule has 0 radical (unpaired) electrons. The van der Waals surface area contributed by atoms with E-state index in [0.29, 0.717) is 35.3 Å². The number of allylic oxidation sites excluding steroid dienone is 1. The van der Waals surface area contributed by atoms with Crippen LogP contribution in [0.5, 0.6) is 0 Å². The van der Waals surface area contributed by atoms with Gasteiger partial charge in [-0.05, 0) is 91.2 Å². The van der Waals surface area contributed by atoms with Crippen molar-refractivity contribution in [3.63, 3.8) is 0 Å². The molecule has 33 heavy (non-hydrogen) atoms. The number of unbranched alkanes of at least 4 members (excludes halogenated alkanes) is 3. The second kappa shape index (κ2) is 11.1. The average Bonchev–Trinajstić information content (AvgIpc) is 2.83. The molecule has 2 aromatic rings. The van der Waals surface area contributed by atoms with E-state index in [1.165, 1.54) is 51.4 Å². The minimum atomic E-state index is -1.04. The summed E-state index contributed by atoms with van der Waals surface area (Å²) >= 11 is 0. The van der Waals surface area contributed by atoms with Gasteiger partial charge in [-0.3, -0.25) is 0 Å². The largest absolute Gasteiger partial charge is 0.206 e. The maximum atomic E-state index is 15.5. The molecule has 0 saturated heterocycles. The zero-order valence-electron chi connectivity index (χ0n) is 20.2. The van der Waals surface area contributed by atoms with Crippen molar-refractivity contribution in [3.05, 3.63) is 59.4 Å². The smallest absolute Gasteiger partial charge is 0.169 e. The Morgan fingerprint density at radius 1 is 0.909 bits per heavy atom. The van der Waals surface area contributed by atoms with E-state index in [4.69, 9.17) is 0 Å². The van der Waals surface area contributed by atoms with Crippen LogP contribution in [-0.4, -0.2) is 0 Å². The zero-order chi connectivity index (χ0) is 23.4. The summed E-state index contributed by atoms with van der Waals surface area (Å²) in [6.07, 6.45) is 16.3. The maximum Gasteiger partial charge on any atom is 0.169 e. The van der Waals surface area contributed by atoms with Crippen LogP contribution in [0.1, 0.15) is 101 Å². The molecule has 0 bridgehead atoms. The number of benzene rings is 2. The molecule has 2 aromatic carbocycles. The van der Waals surface area contributed by atoms with Gasteiger partial charge in [0, 0.05) is 0 Å². The van der Waals surface area contributed by atoms with Gasteiger partial charge in [0.1, 0.15) is 5.82 Å². The van der Waals surface area contributed by atoms with E-state index in [-0.39, 0.29) is 11.3 Å². The van der Waals surface area contributed by atoms with Crippen LogP contribution in [0.25, 0.3) is 10.8 Å². The molecule has 2 aliphatic rings. The van der Waals surface area contributed by atoms with Gasteiger partial charge >= 0.3 is 0 Å². The Bertz CT molecular complexity index is 963. The summed E-state index contributed by atoms with van der Waals surface area (Å²) in [6, 6.07) is 5.21. The summed E-state index contributed by atoms with van der Waals surface area (Å²) in [6.45, 7) is 5.90. The van der Waals surface area contributed by atoms with Crippen molar-refractivity contribution in [1.29, 1.82) is 0 Å². The third kappa shape index (κ3) is 5.33. The molecule has 0 N–H and O–H groups in total. The molecule has 0 spiro atoms. The Balaban J connectivity index is 1.46. The first-order chi connectivity index (χ1) is 16.0. The van der Waals surface area contributed by atoms with Crippen LogP contribution in [0, 0.1) is 35.2 Å². The van der Waals surface area contributed by atoms with Crippen LogP contribution < -0.4 is 0 Å². The lowest BCUT2D eigenvalue weighted by molar-refractivity contribution is 0.112. The van der Waals surface area contributed by atoms with E-state index in [1.807, 2.05) is 6.07 Å². The molecular weight excluding hydrogens is 417 g/mol. The van der Waals surface area contributed by atoms with E-state index in [2.05, 4.69) is 13.5 Å². The average molecular weight is 457 g/mol. The highest BCUT2D eigenvalue weighted by Crippen LogP contribution is 2.49. The molecule has 2 aliphatic carbocycles. The minimum Gasteiger partial charge on any atom is -0.206 e. The monoisotopic (exact) mass is 456 g/mol. The SMILES string of the molecule is C=CCCc1cc2ccc([C@@H]3CC[C@@H]4CC(CCCCCC)CCC4C3)c(F)c2c(F)c1F. The van der Waals surface area contributed by atoms with E-state index < -0.39 is 17.5 Å². The lowest BCUT2D eigenvalue weighted by Crippen LogP contribution is -2.30. The molecule has 0 aromatic heterocycles. The van der Waals surface area contributed by atoms with Crippen LogP contribution in [0.15, 0.2) is 30.9 Å². The van der Waals surface area contributed by atoms with Crippen molar-refractivity contribution in [2.24, 2.45) is 17.8 Å². The predicted octanol–water partition coefficient (Wildman–Crippen LogP) is 9.65. The first kappa shape index (κ1) is 24.4. The van der Waals surface area contributed by atoms with E-state index in [9.17, 15) is 8.78 Å². The molecule has 0 nitrogen and oxygen atoms in total. The number of rotatable bonds is 9. The molecule has 2 unspecified atom stereocenters. The Morgan fingerprint density at radius 2 is 1.70 bits per heavy atom. The third-order valence-corrected chi connectivity index (χ3v) is 8.47.